The second-order valence-corrected chi connectivity index (χ2v) is 6.11. The number of anilines is 1. The van der Waals surface area contributed by atoms with Gasteiger partial charge in [-0.1, -0.05) is 0 Å². The van der Waals surface area contributed by atoms with Gasteiger partial charge in [0.2, 0.25) is 5.88 Å². The molecule has 2 aromatic rings. The minimum Gasteiger partial charge on any atom is -0.473 e. The van der Waals surface area contributed by atoms with Gasteiger partial charge >= 0.3 is 0 Å². The van der Waals surface area contributed by atoms with Crippen molar-refractivity contribution >= 4 is 5.82 Å². The molecule has 122 valence electrons. The molecule has 3 rings (SSSR count). The van der Waals surface area contributed by atoms with Gasteiger partial charge in [-0.25, -0.2) is 15.0 Å². The van der Waals surface area contributed by atoms with Crippen molar-refractivity contribution in [2.24, 2.45) is 0 Å². The minimum absolute atomic E-state index is 0.185. The van der Waals surface area contributed by atoms with Gasteiger partial charge in [-0.05, 0) is 27.7 Å². The van der Waals surface area contributed by atoms with Crippen LogP contribution in [0.25, 0.3) is 0 Å². The molecule has 6 heteroatoms. The lowest BCUT2D eigenvalue weighted by Crippen LogP contribution is -2.39. The van der Waals surface area contributed by atoms with Gasteiger partial charge in [0.05, 0.1) is 11.4 Å². The van der Waals surface area contributed by atoms with Crippen molar-refractivity contribution in [3.05, 3.63) is 35.2 Å². The van der Waals surface area contributed by atoms with Crippen LogP contribution in [-0.4, -0.2) is 39.1 Å². The third-order valence-electron chi connectivity index (χ3n) is 4.36. The Morgan fingerprint density at radius 3 is 2.48 bits per heavy atom. The smallest absolute Gasteiger partial charge is 0.235 e. The molecule has 6 nitrogen and oxygen atoms in total. The zero-order chi connectivity index (χ0) is 16.4. The van der Waals surface area contributed by atoms with Crippen LogP contribution >= 0.6 is 0 Å². The third kappa shape index (κ3) is 3.41. The number of hydrogen-bond donors (Lipinski definition) is 0. The molecule has 0 radical (unpaired) electrons. The summed E-state index contributed by atoms with van der Waals surface area (Å²) in [6, 6.07) is 0. The molecule has 2 aromatic heterocycles. The first-order valence-corrected chi connectivity index (χ1v) is 8.04. The summed E-state index contributed by atoms with van der Waals surface area (Å²) in [5, 5.41) is 0. The molecule has 1 fully saturated rings. The average Bonchev–Trinajstić information content (AvgIpc) is 2.54. The summed E-state index contributed by atoms with van der Waals surface area (Å²) in [5.41, 5.74) is 3.93. The number of hydrogen-bond acceptors (Lipinski definition) is 6. The molecule has 0 bridgehead atoms. The van der Waals surface area contributed by atoms with Crippen LogP contribution in [0.15, 0.2) is 12.5 Å². The van der Waals surface area contributed by atoms with E-state index in [1.807, 2.05) is 20.8 Å². The van der Waals surface area contributed by atoms with Crippen molar-refractivity contribution in [1.29, 1.82) is 0 Å². The van der Waals surface area contributed by atoms with Gasteiger partial charge in [0, 0.05) is 43.4 Å². The van der Waals surface area contributed by atoms with E-state index in [4.69, 9.17) is 4.74 Å². The summed E-state index contributed by atoms with van der Waals surface area (Å²) >= 11 is 0. The zero-order valence-electron chi connectivity index (χ0n) is 14.2. The fourth-order valence-corrected chi connectivity index (χ4v) is 2.81. The van der Waals surface area contributed by atoms with Crippen molar-refractivity contribution in [1.82, 2.24) is 19.9 Å². The molecule has 0 amide bonds. The number of piperidine rings is 1. The number of nitrogens with zero attached hydrogens (tertiary/aromatic N) is 5. The van der Waals surface area contributed by atoms with Crippen molar-refractivity contribution in [2.45, 2.75) is 46.6 Å². The molecule has 23 heavy (non-hydrogen) atoms. The van der Waals surface area contributed by atoms with E-state index in [1.165, 1.54) is 0 Å². The highest BCUT2D eigenvalue weighted by Crippen LogP contribution is 2.25. The Balaban J connectivity index is 1.64. The zero-order valence-corrected chi connectivity index (χ0v) is 14.2. The first-order valence-electron chi connectivity index (χ1n) is 8.04. The Morgan fingerprint density at radius 1 is 1.00 bits per heavy atom. The Hall–Kier alpha value is -2.24. The van der Waals surface area contributed by atoms with Crippen LogP contribution in [0.2, 0.25) is 0 Å². The van der Waals surface area contributed by atoms with E-state index in [0.29, 0.717) is 5.88 Å². The maximum Gasteiger partial charge on any atom is 0.235 e. The molecule has 0 atom stereocenters. The van der Waals surface area contributed by atoms with Gasteiger partial charge in [0.15, 0.2) is 0 Å². The van der Waals surface area contributed by atoms with Gasteiger partial charge in [-0.15, -0.1) is 0 Å². The number of rotatable bonds is 3. The summed E-state index contributed by atoms with van der Waals surface area (Å²) in [6.45, 7) is 9.83. The summed E-state index contributed by atoms with van der Waals surface area (Å²) in [6.07, 6.45) is 5.51. The monoisotopic (exact) mass is 313 g/mol. The maximum atomic E-state index is 6.07. The first-order chi connectivity index (χ1) is 11.0. The largest absolute Gasteiger partial charge is 0.473 e. The minimum atomic E-state index is 0.185. The fraction of sp³-hybridized carbons (Fsp3) is 0.529. The third-order valence-corrected chi connectivity index (χ3v) is 4.36. The molecule has 0 unspecified atom stereocenters. The quantitative estimate of drug-likeness (QED) is 0.867. The number of ether oxygens (including phenoxy) is 1. The molecule has 0 aromatic carbocycles. The number of aromatic nitrogens is 4. The molecule has 1 saturated heterocycles. The predicted octanol–water partition coefficient (Wildman–Crippen LogP) is 2.55. The standard InChI is InChI=1S/C17H23N5O/c1-11-9-18-14(4)17(21-11)23-15-5-7-22(8-6-15)16-12(2)13(3)19-10-20-16/h9-10,15H,5-8H2,1-4H3. The second kappa shape index (κ2) is 6.48. The van der Waals surface area contributed by atoms with Crippen molar-refractivity contribution in [3.63, 3.8) is 0 Å². The molecule has 0 spiro atoms. The van der Waals surface area contributed by atoms with Crippen LogP contribution in [-0.2, 0) is 0 Å². The van der Waals surface area contributed by atoms with Crippen molar-refractivity contribution in [2.75, 3.05) is 18.0 Å². The summed E-state index contributed by atoms with van der Waals surface area (Å²) in [4.78, 5) is 19.8. The molecular formula is C17H23N5O. The van der Waals surface area contributed by atoms with Gasteiger partial charge in [-0.3, -0.25) is 4.98 Å². The van der Waals surface area contributed by atoms with E-state index in [9.17, 15) is 0 Å². The molecule has 1 aliphatic rings. The molecular weight excluding hydrogens is 290 g/mol. The van der Waals surface area contributed by atoms with Crippen LogP contribution in [0.5, 0.6) is 5.88 Å². The summed E-state index contributed by atoms with van der Waals surface area (Å²) < 4.78 is 6.07. The van der Waals surface area contributed by atoms with Crippen LogP contribution in [0.1, 0.15) is 35.5 Å². The highest BCUT2D eigenvalue weighted by molar-refractivity contribution is 5.47. The topological polar surface area (TPSA) is 64.0 Å². The molecule has 0 saturated carbocycles. The van der Waals surface area contributed by atoms with E-state index in [-0.39, 0.29) is 6.10 Å². The summed E-state index contributed by atoms with van der Waals surface area (Å²) in [7, 11) is 0. The Bertz CT molecular complexity index is 695. The van der Waals surface area contributed by atoms with E-state index in [2.05, 4.69) is 31.8 Å². The van der Waals surface area contributed by atoms with Crippen molar-refractivity contribution in [3.8, 4) is 5.88 Å². The van der Waals surface area contributed by atoms with Crippen LogP contribution in [0.4, 0.5) is 5.82 Å². The molecule has 1 aliphatic heterocycles. The van der Waals surface area contributed by atoms with Crippen molar-refractivity contribution < 1.29 is 4.74 Å². The molecule has 3 heterocycles. The lowest BCUT2D eigenvalue weighted by atomic mass is 10.1. The fourth-order valence-electron chi connectivity index (χ4n) is 2.81. The average molecular weight is 313 g/mol. The lowest BCUT2D eigenvalue weighted by molar-refractivity contribution is 0.161. The maximum absolute atomic E-state index is 6.07. The first kappa shape index (κ1) is 15.6. The molecule has 0 aliphatic carbocycles. The van der Waals surface area contributed by atoms with Crippen LogP contribution in [0, 0.1) is 27.7 Å². The normalized spacial score (nSPS) is 15.7. The van der Waals surface area contributed by atoms with Crippen LogP contribution < -0.4 is 9.64 Å². The van der Waals surface area contributed by atoms with Gasteiger partial charge in [0.25, 0.3) is 0 Å². The Morgan fingerprint density at radius 2 is 1.74 bits per heavy atom. The number of aryl methyl sites for hydroxylation is 3. The highest BCUT2D eigenvalue weighted by atomic mass is 16.5. The van der Waals surface area contributed by atoms with E-state index >= 15 is 0 Å². The second-order valence-electron chi connectivity index (χ2n) is 6.11. The predicted molar refractivity (Wildman–Crippen MR) is 88.9 cm³/mol. The Labute approximate surface area is 137 Å². The highest BCUT2D eigenvalue weighted by Gasteiger charge is 2.24. The summed E-state index contributed by atoms with van der Waals surface area (Å²) in [5.74, 6) is 1.71. The lowest BCUT2D eigenvalue weighted by Gasteiger charge is -2.33. The van der Waals surface area contributed by atoms with E-state index in [0.717, 1.165) is 54.4 Å². The van der Waals surface area contributed by atoms with Gasteiger partial charge in [-0.2, -0.15) is 0 Å². The van der Waals surface area contributed by atoms with E-state index in [1.54, 1.807) is 12.5 Å². The van der Waals surface area contributed by atoms with Gasteiger partial charge < -0.3 is 9.64 Å². The molecule has 0 N–H and O–H groups in total. The van der Waals surface area contributed by atoms with Gasteiger partial charge in [0.1, 0.15) is 18.2 Å². The SMILES string of the molecule is Cc1cnc(C)c(OC2CCN(c3ncnc(C)c3C)CC2)n1. The van der Waals surface area contributed by atoms with Crippen LogP contribution in [0.3, 0.4) is 0 Å². The Kier molecular flexibility index (Phi) is 4.41. The van der Waals surface area contributed by atoms with E-state index < -0.39 is 0 Å².